The summed E-state index contributed by atoms with van der Waals surface area (Å²) in [5.74, 6) is 0.367. The molecule has 2 aromatic heterocycles. The second-order valence-electron chi connectivity index (χ2n) is 7.54. The summed E-state index contributed by atoms with van der Waals surface area (Å²) in [7, 11) is 0. The smallest absolute Gasteiger partial charge is 0.245 e. The van der Waals surface area contributed by atoms with Crippen LogP contribution in [0.4, 0.5) is 5.00 Å². The van der Waals surface area contributed by atoms with Crippen molar-refractivity contribution in [2.24, 2.45) is 11.3 Å². The average Bonchev–Trinajstić information content (AvgIpc) is 3.23. The molecular weight excluding hydrogens is 360 g/mol. The van der Waals surface area contributed by atoms with Crippen LogP contribution in [0.1, 0.15) is 55.4 Å². The van der Waals surface area contributed by atoms with Crippen molar-refractivity contribution in [3.63, 3.8) is 0 Å². The lowest BCUT2D eigenvalue weighted by atomic mass is 9.69. The number of carbonyl (C=O) groups is 1. The molecule has 1 aliphatic rings. The highest BCUT2D eigenvalue weighted by molar-refractivity contribution is 7.16. The van der Waals surface area contributed by atoms with Crippen molar-refractivity contribution in [1.29, 1.82) is 10.5 Å². The van der Waals surface area contributed by atoms with E-state index in [2.05, 4.69) is 42.4 Å². The number of anilines is 1. The van der Waals surface area contributed by atoms with Crippen LogP contribution in [-0.4, -0.2) is 20.7 Å². The second kappa shape index (κ2) is 7.50. The van der Waals surface area contributed by atoms with Crippen LogP contribution in [0, 0.1) is 34.0 Å². The number of carbonyl (C=O) groups excluding carboxylic acids is 1. The van der Waals surface area contributed by atoms with Gasteiger partial charge in [-0.05, 0) is 36.2 Å². The molecule has 1 atom stereocenters. The SMILES string of the molecule is CCC(C)(C)C1CCc2c(sc(NC(=O)Cn3cnnc3C#N)c2C#N)C1. The summed E-state index contributed by atoms with van der Waals surface area (Å²) in [6, 6.07) is 4.16. The summed E-state index contributed by atoms with van der Waals surface area (Å²) in [5, 5.41) is 29.3. The van der Waals surface area contributed by atoms with E-state index in [0.717, 1.165) is 31.2 Å². The van der Waals surface area contributed by atoms with Crippen LogP contribution in [0.3, 0.4) is 0 Å². The van der Waals surface area contributed by atoms with Crippen molar-refractivity contribution in [3.8, 4) is 12.1 Å². The zero-order valence-corrected chi connectivity index (χ0v) is 16.6. The molecule has 1 aliphatic carbocycles. The molecule has 140 valence electrons. The lowest BCUT2D eigenvalue weighted by molar-refractivity contribution is -0.116. The predicted octanol–water partition coefficient (Wildman–Crippen LogP) is 3.26. The van der Waals surface area contributed by atoms with Crippen LogP contribution in [0.2, 0.25) is 0 Å². The largest absolute Gasteiger partial charge is 0.315 e. The van der Waals surface area contributed by atoms with Crippen LogP contribution < -0.4 is 5.32 Å². The monoisotopic (exact) mass is 382 g/mol. The molecule has 0 saturated carbocycles. The third kappa shape index (κ3) is 3.72. The van der Waals surface area contributed by atoms with Crippen LogP contribution >= 0.6 is 11.3 Å². The van der Waals surface area contributed by atoms with Gasteiger partial charge in [-0.3, -0.25) is 9.36 Å². The van der Waals surface area contributed by atoms with E-state index in [4.69, 9.17) is 5.26 Å². The van der Waals surface area contributed by atoms with Crippen molar-refractivity contribution in [3.05, 3.63) is 28.2 Å². The Bertz CT molecular complexity index is 943. The van der Waals surface area contributed by atoms with Gasteiger partial charge in [0, 0.05) is 4.88 Å². The van der Waals surface area contributed by atoms with Crippen LogP contribution in [0.15, 0.2) is 6.33 Å². The summed E-state index contributed by atoms with van der Waals surface area (Å²) in [6.45, 7) is 6.76. The highest BCUT2D eigenvalue weighted by Gasteiger charge is 2.34. The third-order valence-electron chi connectivity index (χ3n) is 5.68. The third-order valence-corrected chi connectivity index (χ3v) is 6.85. The molecule has 0 radical (unpaired) electrons. The maximum absolute atomic E-state index is 12.4. The van der Waals surface area contributed by atoms with Crippen LogP contribution in [-0.2, 0) is 24.2 Å². The van der Waals surface area contributed by atoms with E-state index in [1.54, 1.807) is 0 Å². The molecule has 0 spiro atoms. The van der Waals surface area contributed by atoms with Crippen LogP contribution in [0.25, 0.3) is 0 Å². The number of nitrogens with zero attached hydrogens (tertiary/aromatic N) is 5. The van der Waals surface area contributed by atoms with E-state index < -0.39 is 0 Å². The Morgan fingerprint density at radius 3 is 2.89 bits per heavy atom. The fourth-order valence-corrected chi connectivity index (χ4v) is 4.82. The topological polar surface area (TPSA) is 107 Å². The van der Waals surface area contributed by atoms with E-state index >= 15 is 0 Å². The van der Waals surface area contributed by atoms with Gasteiger partial charge in [-0.15, -0.1) is 21.5 Å². The normalized spacial score (nSPS) is 16.3. The summed E-state index contributed by atoms with van der Waals surface area (Å²) in [6.07, 6.45) is 5.37. The Morgan fingerprint density at radius 2 is 2.22 bits per heavy atom. The summed E-state index contributed by atoms with van der Waals surface area (Å²) in [5.41, 5.74) is 1.93. The van der Waals surface area contributed by atoms with E-state index in [1.165, 1.54) is 27.1 Å². The number of nitrogens with one attached hydrogen (secondary N) is 1. The number of aromatic nitrogens is 3. The highest BCUT2D eigenvalue weighted by atomic mass is 32.1. The Morgan fingerprint density at radius 1 is 1.44 bits per heavy atom. The molecular formula is C19H22N6OS. The molecule has 0 aromatic carbocycles. The molecule has 0 aliphatic heterocycles. The summed E-state index contributed by atoms with van der Waals surface area (Å²) < 4.78 is 1.38. The zero-order valence-electron chi connectivity index (χ0n) is 15.7. The minimum Gasteiger partial charge on any atom is -0.315 e. The summed E-state index contributed by atoms with van der Waals surface area (Å²) >= 11 is 1.51. The molecule has 1 unspecified atom stereocenters. The van der Waals surface area contributed by atoms with Crippen molar-refractivity contribution in [2.75, 3.05) is 5.32 Å². The number of hydrogen-bond donors (Lipinski definition) is 1. The first kappa shape index (κ1) is 19.1. The van der Waals surface area contributed by atoms with Crippen molar-refractivity contribution in [2.45, 2.75) is 53.0 Å². The molecule has 0 bridgehead atoms. The molecule has 0 fully saturated rings. The van der Waals surface area contributed by atoms with Gasteiger partial charge in [0.15, 0.2) is 0 Å². The first-order valence-electron chi connectivity index (χ1n) is 9.02. The van der Waals surface area contributed by atoms with E-state index in [9.17, 15) is 10.1 Å². The maximum atomic E-state index is 12.4. The number of hydrogen-bond acceptors (Lipinski definition) is 6. The van der Waals surface area contributed by atoms with Gasteiger partial charge in [0.2, 0.25) is 11.7 Å². The Labute approximate surface area is 162 Å². The number of fused-ring (bicyclic) bond motifs is 1. The molecule has 27 heavy (non-hydrogen) atoms. The first-order chi connectivity index (χ1) is 12.9. The highest BCUT2D eigenvalue weighted by Crippen LogP contribution is 2.45. The number of nitriles is 2. The first-order valence-corrected chi connectivity index (χ1v) is 9.83. The van der Waals surface area contributed by atoms with E-state index in [-0.39, 0.29) is 23.7 Å². The standard InChI is InChI=1S/C19H22N6OS/c1-4-19(2,3)12-5-6-13-14(8-20)18(27-15(13)7-12)23-17(26)10-25-11-22-24-16(25)9-21/h11-12H,4-7,10H2,1-3H3,(H,23,26). The van der Waals surface area contributed by atoms with Crippen molar-refractivity contribution < 1.29 is 4.79 Å². The Hall–Kier alpha value is -2.71. The quantitative estimate of drug-likeness (QED) is 0.854. The lowest BCUT2D eigenvalue weighted by Gasteiger charge is -2.36. The van der Waals surface area contributed by atoms with E-state index in [0.29, 0.717) is 16.5 Å². The van der Waals surface area contributed by atoms with Crippen LogP contribution in [0.5, 0.6) is 0 Å². The minimum absolute atomic E-state index is 0.0607. The van der Waals surface area contributed by atoms with Gasteiger partial charge in [0.1, 0.15) is 30.0 Å². The molecule has 7 nitrogen and oxygen atoms in total. The van der Waals surface area contributed by atoms with Crippen molar-refractivity contribution >= 4 is 22.2 Å². The van der Waals surface area contributed by atoms with Crippen molar-refractivity contribution in [1.82, 2.24) is 14.8 Å². The van der Waals surface area contributed by atoms with Gasteiger partial charge in [0.25, 0.3) is 0 Å². The van der Waals surface area contributed by atoms with Gasteiger partial charge < -0.3 is 5.32 Å². The molecule has 1 N–H and O–H groups in total. The minimum atomic E-state index is -0.299. The van der Waals surface area contributed by atoms with E-state index in [1.807, 2.05) is 6.07 Å². The molecule has 2 heterocycles. The number of amides is 1. The molecule has 8 heteroatoms. The average molecular weight is 382 g/mol. The maximum Gasteiger partial charge on any atom is 0.245 e. The van der Waals surface area contributed by atoms with Gasteiger partial charge in [-0.2, -0.15) is 10.5 Å². The zero-order chi connectivity index (χ0) is 19.6. The molecule has 1 amide bonds. The fourth-order valence-electron chi connectivity index (χ4n) is 3.53. The van der Waals surface area contributed by atoms with Gasteiger partial charge >= 0.3 is 0 Å². The van der Waals surface area contributed by atoms with Gasteiger partial charge in [-0.25, -0.2) is 0 Å². The fraction of sp³-hybridized carbons (Fsp3) is 0.526. The summed E-state index contributed by atoms with van der Waals surface area (Å²) in [4.78, 5) is 13.6. The van der Waals surface area contributed by atoms with Gasteiger partial charge in [0.05, 0.1) is 5.56 Å². The Balaban J connectivity index is 1.79. The number of rotatable bonds is 5. The second-order valence-corrected chi connectivity index (χ2v) is 8.65. The lowest BCUT2D eigenvalue weighted by Crippen LogP contribution is -2.28. The Kier molecular flexibility index (Phi) is 5.29. The van der Waals surface area contributed by atoms with Gasteiger partial charge in [-0.1, -0.05) is 27.2 Å². The molecule has 2 aromatic rings. The molecule has 3 rings (SSSR count). The molecule has 0 saturated heterocycles. The predicted molar refractivity (Wildman–Crippen MR) is 102 cm³/mol. The number of thiophene rings is 1.